The molecule has 0 unspecified atom stereocenters. The molecule has 0 N–H and O–H groups in total. The largest absolute Gasteiger partial charge is 0.243 e. The van der Waals surface area contributed by atoms with Crippen LogP contribution >= 0.6 is 22.9 Å². The van der Waals surface area contributed by atoms with Crippen molar-refractivity contribution in [1.29, 1.82) is 0 Å². The first-order valence-corrected chi connectivity index (χ1v) is 9.71. The van der Waals surface area contributed by atoms with Crippen LogP contribution in [0.2, 0.25) is 0 Å². The Morgan fingerprint density at radius 3 is 2.62 bits per heavy atom. The van der Waals surface area contributed by atoms with E-state index in [2.05, 4.69) is 0 Å². The van der Waals surface area contributed by atoms with E-state index < -0.39 is 10.0 Å². The molecule has 0 bridgehead atoms. The molecular weight excluding hydrogens is 326 g/mol. The number of sulfonamides is 1. The van der Waals surface area contributed by atoms with Crippen LogP contribution in [0.5, 0.6) is 0 Å². The second kappa shape index (κ2) is 6.08. The van der Waals surface area contributed by atoms with Crippen molar-refractivity contribution in [2.24, 2.45) is 0 Å². The highest BCUT2D eigenvalue weighted by Gasteiger charge is 2.38. The van der Waals surface area contributed by atoms with Crippen molar-refractivity contribution < 1.29 is 8.42 Å². The van der Waals surface area contributed by atoms with E-state index in [1.165, 1.54) is 0 Å². The molecule has 1 aliphatic rings. The fourth-order valence-electron chi connectivity index (χ4n) is 2.33. The zero-order valence-corrected chi connectivity index (χ0v) is 13.8. The van der Waals surface area contributed by atoms with Gasteiger partial charge in [-0.15, -0.1) is 11.6 Å². The summed E-state index contributed by atoms with van der Waals surface area (Å²) in [5.41, 5.74) is 1.70. The SMILES string of the molecule is O=S(=O)(c1ccccc1CCl)N(Cc1ccsc1)C1CC1. The van der Waals surface area contributed by atoms with Gasteiger partial charge in [0.25, 0.3) is 0 Å². The summed E-state index contributed by atoms with van der Waals surface area (Å²) >= 11 is 7.48. The molecule has 0 spiro atoms. The molecule has 0 radical (unpaired) electrons. The molecule has 21 heavy (non-hydrogen) atoms. The minimum atomic E-state index is -3.50. The van der Waals surface area contributed by atoms with E-state index in [0.29, 0.717) is 17.0 Å². The van der Waals surface area contributed by atoms with Gasteiger partial charge in [-0.2, -0.15) is 15.6 Å². The Labute approximate surface area is 134 Å². The third-order valence-corrected chi connectivity index (χ3v) is 6.59. The molecule has 1 aromatic carbocycles. The van der Waals surface area contributed by atoms with Gasteiger partial charge in [0.15, 0.2) is 0 Å². The van der Waals surface area contributed by atoms with E-state index >= 15 is 0 Å². The first-order valence-electron chi connectivity index (χ1n) is 6.79. The van der Waals surface area contributed by atoms with Gasteiger partial charge in [0.05, 0.1) is 4.90 Å². The van der Waals surface area contributed by atoms with Crippen molar-refractivity contribution in [1.82, 2.24) is 4.31 Å². The Bertz CT molecular complexity index is 709. The third kappa shape index (κ3) is 3.16. The van der Waals surface area contributed by atoms with Gasteiger partial charge in [-0.25, -0.2) is 8.42 Å². The minimum absolute atomic E-state index is 0.123. The summed E-state index contributed by atoms with van der Waals surface area (Å²) in [6.45, 7) is 0.438. The van der Waals surface area contributed by atoms with E-state index in [1.54, 1.807) is 33.8 Å². The molecule has 1 aromatic heterocycles. The molecule has 1 heterocycles. The van der Waals surface area contributed by atoms with Crippen LogP contribution in [0.15, 0.2) is 46.0 Å². The first kappa shape index (κ1) is 15.0. The van der Waals surface area contributed by atoms with Crippen LogP contribution in [0.3, 0.4) is 0 Å². The molecule has 0 aliphatic heterocycles. The molecule has 0 atom stereocenters. The predicted octanol–water partition coefficient (Wildman–Crippen LogP) is 3.84. The van der Waals surface area contributed by atoms with Gasteiger partial charge >= 0.3 is 0 Å². The lowest BCUT2D eigenvalue weighted by atomic mass is 10.2. The van der Waals surface area contributed by atoms with Gasteiger partial charge in [-0.1, -0.05) is 18.2 Å². The van der Waals surface area contributed by atoms with Gasteiger partial charge in [0, 0.05) is 18.5 Å². The highest BCUT2D eigenvalue weighted by molar-refractivity contribution is 7.89. The monoisotopic (exact) mass is 341 g/mol. The Hall–Kier alpha value is -0.880. The third-order valence-electron chi connectivity index (χ3n) is 3.58. The van der Waals surface area contributed by atoms with E-state index in [0.717, 1.165) is 18.4 Å². The van der Waals surface area contributed by atoms with Crippen molar-refractivity contribution in [3.8, 4) is 0 Å². The van der Waals surface area contributed by atoms with Crippen LogP contribution in [-0.2, 0) is 22.4 Å². The zero-order valence-electron chi connectivity index (χ0n) is 11.4. The summed E-state index contributed by atoms with van der Waals surface area (Å²) in [6.07, 6.45) is 1.87. The quantitative estimate of drug-likeness (QED) is 0.748. The van der Waals surface area contributed by atoms with Crippen LogP contribution in [0.4, 0.5) is 0 Å². The van der Waals surface area contributed by atoms with Crippen molar-refractivity contribution >= 4 is 33.0 Å². The molecule has 2 aromatic rings. The Morgan fingerprint density at radius 1 is 1.24 bits per heavy atom. The van der Waals surface area contributed by atoms with Gasteiger partial charge in [0.2, 0.25) is 10.0 Å². The lowest BCUT2D eigenvalue weighted by Gasteiger charge is -2.22. The number of halogens is 1. The Balaban J connectivity index is 1.97. The van der Waals surface area contributed by atoms with Crippen molar-refractivity contribution in [2.75, 3.05) is 0 Å². The second-order valence-electron chi connectivity index (χ2n) is 5.15. The topological polar surface area (TPSA) is 37.4 Å². The Morgan fingerprint density at radius 2 is 2.00 bits per heavy atom. The summed E-state index contributed by atoms with van der Waals surface area (Å²) < 4.78 is 27.6. The van der Waals surface area contributed by atoms with Gasteiger partial charge < -0.3 is 0 Å². The highest BCUT2D eigenvalue weighted by Crippen LogP contribution is 2.34. The number of benzene rings is 1. The zero-order chi connectivity index (χ0) is 14.9. The molecule has 0 amide bonds. The Kier molecular flexibility index (Phi) is 4.36. The number of rotatable bonds is 6. The molecule has 1 fully saturated rings. The van der Waals surface area contributed by atoms with E-state index in [-0.39, 0.29) is 11.9 Å². The number of hydrogen-bond donors (Lipinski definition) is 0. The van der Waals surface area contributed by atoms with Crippen LogP contribution in [0.1, 0.15) is 24.0 Å². The summed E-state index contributed by atoms with van der Waals surface area (Å²) in [7, 11) is -3.50. The summed E-state index contributed by atoms with van der Waals surface area (Å²) in [5, 5.41) is 3.97. The molecule has 0 saturated heterocycles. The lowest BCUT2D eigenvalue weighted by Crippen LogP contribution is -2.33. The average molecular weight is 342 g/mol. The van der Waals surface area contributed by atoms with Gasteiger partial charge in [-0.3, -0.25) is 0 Å². The van der Waals surface area contributed by atoms with Crippen LogP contribution in [0, 0.1) is 0 Å². The molecule has 6 heteroatoms. The smallest absolute Gasteiger partial charge is 0.207 e. The number of nitrogens with zero attached hydrogens (tertiary/aromatic N) is 1. The van der Waals surface area contributed by atoms with Gasteiger partial charge in [-0.05, 0) is 46.9 Å². The van der Waals surface area contributed by atoms with E-state index in [9.17, 15) is 8.42 Å². The average Bonchev–Trinajstić information content (AvgIpc) is 3.20. The van der Waals surface area contributed by atoms with Crippen molar-refractivity contribution in [2.45, 2.75) is 36.2 Å². The van der Waals surface area contributed by atoms with Crippen molar-refractivity contribution in [3.63, 3.8) is 0 Å². The maximum atomic E-state index is 13.0. The maximum absolute atomic E-state index is 13.0. The number of alkyl halides is 1. The predicted molar refractivity (Wildman–Crippen MR) is 86.1 cm³/mol. The normalized spacial score (nSPS) is 15.5. The van der Waals surface area contributed by atoms with Gasteiger partial charge in [0.1, 0.15) is 0 Å². The summed E-state index contributed by atoms with van der Waals surface area (Å²) in [4.78, 5) is 0.335. The second-order valence-corrected chi connectivity index (χ2v) is 8.06. The summed E-state index contributed by atoms with van der Waals surface area (Å²) in [6, 6.07) is 9.09. The van der Waals surface area contributed by atoms with E-state index in [4.69, 9.17) is 11.6 Å². The minimum Gasteiger partial charge on any atom is -0.207 e. The number of thiophene rings is 1. The van der Waals surface area contributed by atoms with Crippen LogP contribution in [0.25, 0.3) is 0 Å². The van der Waals surface area contributed by atoms with Crippen LogP contribution in [-0.4, -0.2) is 18.8 Å². The molecule has 1 aliphatic carbocycles. The molecule has 1 saturated carbocycles. The fourth-order valence-corrected chi connectivity index (χ4v) is 5.20. The summed E-state index contributed by atoms with van der Waals surface area (Å²) in [5.74, 6) is 0.201. The molecule has 3 nitrogen and oxygen atoms in total. The molecule has 3 rings (SSSR count). The standard InChI is InChI=1S/C15H16ClNO2S2/c16-9-13-3-1-2-4-15(13)21(18,19)17(14-5-6-14)10-12-7-8-20-11-12/h1-4,7-8,11,14H,5-6,9-10H2. The fraction of sp³-hybridized carbons (Fsp3) is 0.333. The van der Waals surface area contributed by atoms with Crippen molar-refractivity contribution in [3.05, 3.63) is 52.2 Å². The first-order chi connectivity index (χ1) is 10.1. The highest BCUT2D eigenvalue weighted by atomic mass is 35.5. The maximum Gasteiger partial charge on any atom is 0.243 e. The number of hydrogen-bond acceptors (Lipinski definition) is 3. The van der Waals surface area contributed by atoms with E-state index in [1.807, 2.05) is 22.9 Å². The lowest BCUT2D eigenvalue weighted by molar-refractivity contribution is 0.399. The van der Waals surface area contributed by atoms with Crippen LogP contribution < -0.4 is 0 Å². The molecule has 112 valence electrons. The molecular formula is C15H16ClNO2S2.